The first-order chi connectivity index (χ1) is 11.9. The van der Waals surface area contributed by atoms with Gasteiger partial charge >= 0.3 is 0 Å². The Balaban J connectivity index is 1.66. The van der Waals surface area contributed by atoms with Crippen molar-refractivity contribution in [2.75, 3.05) is 6.61 Å². The smallest absolute Gasteiger partial charge is 0.253 e. The number of rotatable bonds is 6. The molecule has 132 valence electrons. The van der Waals surface area contributed by atoms with Crippen molar-refractivity contribution in [3.63, 3.8) is 0 Å². The molecule has 0 aliphatic heterocycles. The molecule has 1 aliphatic carbocycles. The number of aryl methyl sites for hydroxylation is 1. The molecule has 25 heavy (non-hydrogen) atoms. The summed E-state index contributed by atoms with van der Waals surface area (Å²) in [7, 11) is 1.58. The molecular formula is C19H21FN2O3. The van der Waals surface area contributed by atoms with E-state index >= 15 is 0 Å². The van der Waals surface area contributed by atoms with Crippen molar-refractivity contribution < 1.29 is 13.9 Å². The van der Waals surface area contributed by atoms with Crippen molar-refractivity contribution in [1.82, 2.24) is 9.88 Å². The van der Waals surface area contributed by atoms with Gasteiger partial charge in [0.15, 0.2) is 11.6 Å². The summed E-state index contributed by atoms with van der Waals surface area (Å²) < 4.78 is 21.0. The van der Waals surface area contributed by atoms with Crippen LogP contribution >= 0.6 is 0 Å². The van der Waals surface area contributed by atoms with Gasteiger partial charge in [-0.05, 0) is 49.4 Å². The van der Waals surface area contributed by atoms with E-state index in [2.05, 4.69) is 5.32 Å². The molecular weight excluding hydrogens is 323 g/mol. The third-order valence-electron chi connectivity index (χ3n) is 4.32. The summed E-state index contributed by atoms with van der Waals surface area (Å²) in [6.45, 7) is 2.33. The molecule has 6 heteroatoms. The van der Waals surface area contributed by atoms with Crippen molar-refractivity contribution in [2.45, 2.75) is 25.8 Å². The van der Waals surface area contributed by atoms with Gasteiger partial charge < -0.3 is 14.6 Å². The van der Waals surface area contributed by atoms with E-state index in [1.807, 2.05) is 0 Å². The number of carbonyl (C=O) groups excluding carboxylic acids is 1. The van der Waals surface area contributed by atoms with Crippen LogP contribution in [-0.4, -0.2) is 17.1 Å². The van der Waals surface area contributed by atoms with Crippen LogP contribution in [0.3, 0.4) is 0 Å². The molecule has 0 unspecified atom stereocenters. The fourth-order valence-electron chi connectivity index (χ4n) is 2.49. The van der Waals surface area contributed by atoms with Crippen LogP contribution < -0.4 is 15.6 Å². The van der Waals surface area contributed by atoms with Crippen LogP contribution in [0.15, 0.2) is 41.3 Å². The third kappa shape index (κ3) is 4.26. The largest absolute Gasteiger partial charge is 0.490 e. The minimum atomic E-state index is -0.429. The van der Waals surface area contributed by atoms with Crippen LogP contribution in [0.25, 0.3) is 0 Å². The predicted molar refractivity (Wildman–Crippen MR) is 92.2 cm³/mol. The average Bonchev–Trinajstić information content (AvgIpc) is 3.40. The van der Waals surface area contributed by atoms with E-state index < -0.39 is 5.82 Å². The number of halogens is 1. The zero-order chi connectivity index (χ0) is 18.0. The number of benzene rings is 1. The van der Waals surface area contributed by atoms with Crippen molar-refractivity contribution in [1.29, 1.82) is 0 Å². The number of hydrogen-bond acceptors (Lipinski definition) is 3. The Kier molecular flexibility index (Phi) is 4.88. The van der Waals surface area contributed by atoms with Crippen molar-refractivity contribution in [3.05, 3.63) is 63.8 Å². The van der Waals surface area contributed by atoms with Gasteiger partial charge in [-0.1, -0.05) is 6.07 Å². The molecule has 0 saturated heterocycles. The normalized spacial score (nSPS) is 14.8. The first-order valence-corrected chi connectivity index (χ1v) is 8.34. The lowest BCUT2D eigenvalue weighted by Crippen LogP contribution is -2.28. The highest BCUT2D eigenvalue weighted by Crippen LogP contribution is 2.30. The van der Waals surface area contributed by atoms with E-state index in [4.69, 9.17) is 4.74 Å². The number of amides is 1. The van der Waals surface area contributed by atoms with E-state index in [-0.39, 0.29) is 23.3 Å². The number of hydrogen-bond donors (Lipinski definition) is 1. The number of nitrogens with zero attached hydrogens (tertiary/aromatic N) is 1. The van der Waals surface area contributed by atoms with Gasteiger partial charge in [-0.25, -0.2) is 4.39 Å². The van der Waals surface area contributed by atoms with Crippen molar-refractivity contribution in [3.8, 4) is 5.75 Å². The topological polar surface area (TPSA) is 60.3 Å². The van der Waals surface area contributed by atoms with Gasteiger partial charge in [0.2, 0.25) is 5.56 Å². The molecule has 1 fully saturated rings. The minimum absolute atomic E-state index is 0.187. The van der Waals surface area contributed by atoms with Crippen LogP contribution in [0.1, 0.15) is 41.7 Å². The van der Waals surface area contributed by atoms with Crippen LogP contribution in [0.5, 0.6) is 5.75 Å². The van der Waals surface area contributed by atoms with Crippen LogP contribution in [0, 0.1) is 11.7 Å². The number of nitrogens with one attached hydrogen (secondary N) is 1. The quantitative estimate of drug-likeness (QED) is 0.877. The maximum atomic E-state index is 14.2. The zero-order valence-corrected chi connectivity index (χ0v) is 14.3. The molecule has 1 aromatic heterocycles. The molecule has 1 N–H and O–H groups in total. The Morgan fingerprint density at radius 2 is 2.12 bits per heavy atom. The molecule has 0 radical (unpaired) electrons. The Morgan fingerprint density at radius 3 is 2.76 bits per heavy atom. The number of aromatic nitrogens is 1. The second kappa shape index (κ2) is 7.09. The van der Waals surface area contributed by atoms with Crippen molar-refractivity contribution in [2.24, 2.45) is 13.0 Å². The van der Waals surface area contributed by atoms with Crippen molar-refractivity contribution >= 4 is 5.91 Å². The maximum Gasteiger partial charge on any atom is 0.253 e. The van der Waals surface area contributed by atoms with E-state index in [1.165, 1.54) is 29.0 Å². The van der Waals surface area contributed by atoms with E-state index in [9.17, 15) is 14.0 Å². The fourth-order valence-corrected chi connectivity index (χ4v) is 2.49. The van der Waals surface area contributed by atoms with Crippen LogP contribution in [-0.2, 0) is 7.05 Å². The Hall–Kier alpha value is -2.63. The molecule has 0 bridgehead atoms. The fraction of sp³-hybridized carbons (Fsp3) is 0.368. The van der Waals surface area contributed by atoms with Gasteiger partial charge in [-0.2, -0.15) is 0 Å². The van der Waals surface area contributed by atoms with Crippen LogP contribution in [0.2, 0.25) is 0 Å². The molecule has 1 saturated carbocycles. The van der Waals surface area contributed by atoms with Gasteiger partial charge in [-0.3, -0.25) is 9.59 Å². The van der Waals surface area contributed by atoms with Gasteiger partial charge in [0.05, 0.1) is 18.2 Å². The average molecular weight is 344 g/mol. The summed E-state index contributed by atoms with van der Waals surface area (Å²) in [5.41, 5.74) is 0.835. The van der Waals surface area contributed by atoms with E-state index in [0.717, 1.165) is 12.8 Å². The summed E-state index contributed by atoms with van der Waals surface area (Å²) in [5.74, 6) is 0.0466. The molecule has 1 atom stereocenters. The second-order valence-corrected chi connectivity index (χ2v) is 6.51. The van der Waals surface area contributed by atoms with Gasteiger partial charge in [0.1, 0.15) is 0 Å². The van der Waals surface area contributed by atoms with Crippen LogP contribution in [0.4, 0.5) is 4.39 Å². The lowest BCUT2D eigenvalue weighted by molar-refractivity contribution is 0.0939. The standard InChI is InChI=1S/C19H21FN2O3/c1-12(21-19(24)15-6-8-18(23)22(2)10-15)14-5-7-17(16(20)9-14)25-11-13-3-4-13/h5-10,12-13H,3-4,11H2,1-2H3,(H,21,24)/t12-/m0/s1. The Bertz CT molecular complexity index is 843. The summed E-state index contributed by atoms with van der Waals surface area (Å²) in [5, 5.41) is 2.80. The predicted octanol–water partition coefficient (Wildman–Crippen LogP) is 2.80. The highest BCUT2D eigenvalue weighted by Gasteiger charge is 2.22. The van der Waals surface area contributed by atoms with E-state index in [1.54, 1.807) is 26.1 Å². The lowest BCUT2D eigenvalue weighted by Gasteiger charge is -2.16. The number of carbonyl (C=O) groups is 1. The first kappa shape index (κ1) is 17.2. The molecule has 5 nitrogen and oxygen atoms in total. The maximum absolute atomic E-state index is 14.2. The second-order valence-electron chi connectivity index (χ2n) is 6.51. The summed E-state index contributed by atoms with van der Waals surface area (Å²) in [6.07, 6.45) is 3.77. The molecule has 0 spiro atoms. The Morgan fingerprint density at radius 1 is 1.36 bits per heavy atom. The SMILES string of the molecule is C[C@H](NC(=O)c1ccc(=O)n(C)c1)c1ccc(OCC2CC2)c(F)c1. The summed E-state index contributed by atoms with van der Waals surface area (Å²) >= 11 is 0. The minimum Gasteiger partial charge on any atom is -0.490 e. The zero-order valence-electron chi connectivity index (χ0n) is 14.3. The third-order valence-corrected chi connectivity index (χ3v) is 4.32. The summed E-state index contributed by atoms with van der Waals surface area (Å²) in [6, 6.07) is 7.16. The first-order valence-electron chi connectivity index (χ1n) is 8.34. The molecule has 1 aliphatic rings. The number of ether oxygens (including phenoxy) is 1. The van der Waals surface area contributed by atoms with E-state index in [0.29, 0.717) is 23.7 Å². The molecule has 1 amide bonds. The molecule has 3 rings (SSSR count). The number of pyridine rings is 1. The van der Waals surface area contributed by atoms with Gasteiger partial charge in [0, 0.05) is 19.3 Å². The highest BCUT2D eigenvalue weighted by molar-refractivity contribution is 5.94. The van der Waals surface area contributed by atoms with Gasteiger partial charge in [0.25, 0.3) is 5.91 Å². The van der Waals surface area contributed by atoms with Gasteiger partial charge in [-0.15, -0.1) is 0 Å². The lowest BCUT2D eigenvalue weighted by atomic mass is 10.1. The highest BCUT2D eigenvalue weighted by atomic mass is 19.1. The summed E-state index contributed by atoms with van der Waals surface area (Å²) in [4.78, 5) is 23.7. The Labute approximate surface area is 145 Å². The molecule has 1 aromatic carbocycles. The molecule has 1 heterocycles. The monoisotopic (exact) mass is 344 g/mol. The molecule has 2 aromatic rings.